The van der Waals surface area contributed by atoms with E-state index in [9.17, 15) is 4.79 Å². The highest BCUT2D eigenvalue weighted by Gasteiger charge is 2.15. The molecule has 0 aliphatic heterocycles. The molecule has 0 saturated heterocycles. The molecule has 0 amide bonds. The fraction of sp³-hybridized carbons (Fsp3) is 0.200. The van der Waals surface area contributed by atoms with Gasteiger partial charge in [-0.05, 0) is 40.5 Å². The van der Waals surface area contributed by atoms with Crippen LogP contribution in [0.25, 0.3) is 0 Å². The van der Waals surface area contributed by atoms with E-state index >= 15 is 0 Å². The first-order valence-corrected chi connectivity index (χ1v) is 5.99. The van der Waals surface area contributed by atoms with E-state index in [2.05, 4.69) is 21.0 Å². The maximum atomic E-state index is 11.9. The van der Waals surface area contributed by atoms with Crippen LogP contribution < -0.4 is 0 Å². The number of hydrogen-bond donors (Lipinski definition) is 0. The maximum absolute atomic E-state index is 11.9. The number of thiophene rings is 1. The number of ketones is 1. The topological polar surface area (TPSA) is 34.9 Å². The van der Waals surface area contributed by atoms with E-state index in [-0.39, 0.29) is 5.78 Å². The van der Waals surface area contributed by atoms with E-state index in [1.54, 1.807) is 24.0 Å². The van der Waals surface area contributed by atoms with Crippen molar-refractivity contribution in [3.05, 3.63) is 38.3 Å². The summed E-state index contributed by atoms with van der Waals surface area (Å²) in [4.78, 5) is 12.7. The Kier molecular flexibility index (Phi) is 2.75. The van der Waals surface area contributed by atoms with Crippen LogP contribution in [-0.4, -0.2) is 15.6 Å². The van der Waals surface area contributed by atoms with Gasteiger partial charge in [-0.3, -0.25) is 9.48 Å². The smallest absolute Gasteiger partial charge is 0.223 e. The van der Waals surface area contributed by atoms with Gasteiger partial charge in [0.15, 0.2) is 0 Å². The molecule has 78 valence electrons. The molecule has 0 unspecified atom stereocenters. The van der Waals surface area contributed by atoms with Gasteiger partial charge in [0.1, 0.15) is 5.69 Å². The number of carbonyl (C=O) groups excluding carboxylic acids is 1. The van der Waals surface area contributed by atoms with Crippen LogP contribution in [0.2, 0.25) is 0 Å². The molecule has 2 aromatic rings. The Morgan fingerprint density at radius 1 is 1.60 bits per heavy atom. The lowest BCUT2D eigenvalue weighted by atomic mass is 10.2. The summed E-state index contributed by atoms with van der Waals surface area (Å²) in [6.07, 6.45) is 1.77. The standard InChI is InChI=1S/C10H9BrN2OS/c1-6-5-8(15-10(6)11)9(14)7-3-4-13(2)12-7/h3-5H,1-2H3. The van der Waals surface area contributed by atoms with Gasteiger partial charge in [0.25, 0.3) is 0 Å². The number of aromatic nitrogens is 2. The first-order valence-electron chi connectivity index (χ1n) is 4.38. The van der Waals surface area contributed by atoms with Gasteiger partial charge in [-0.25, -0.2) is 0 Å². The van der Waals surface area contributed by atoms with Gasteiger partial charge in [-0.2, -0.15) is 5.10 Å². The fourth-order valence-electron chi connectivity index (χ4n) is 1.23. The monoisotopic (exact) mass is 284 g/mol. The lowest BCUT2D eigenvalue weighted by Crippen LogP contribution is -2.00. The zero-order chi connectivity index (χ0) is 11.0. The molecule has 0 aliphatic rings. The zero-order valence-corrected chi connectivity index (χ0v) is 10.7. The van der Waals surface area contributed by atoms with E-state index in [1.807, 2.05) is 13.0 Å². The summed E-state index contributed by atoms with van der Waals surface area (Å²) in [7, 11) is 1.80. The van der Waals surface area contributed by atoms with Crippen LogP contribution in [0.1, 0.15) is 20.9 Å². The van der Waals surface area contributed by atoms with Crippen molar-refractivity contribution in [3.63, 3.8) is 0 Å². The second-order valence-corrected chi connectivity index (χ2v) is 5.64. The molecule has 0 N–H and O–H groups in total. The van der Waals surface area contributed by atoms with Crippen LogP contribution >= 0.6 is 27.3 Å². The van der Waals surface area contributed by atoms with E-state index < -0.39 is 0 Å². The average molecular weight is 285 g/mol. The number of aryl methyl sites for hydroxylation is 2. The number of nitrogens with zero attached hydrogens (tertiary/aromatic N) is 2. The average Bonchev–Trinajstić information content (AvgIpc) is 2.74. The second kappa shape index (κ2) is 3.90. The highest BCUT2D eigenvalue weighted by Crippen LogP contribution is 2.28. The van der Waals surface area contributed by atoms with Crippen LogP contribution in [0.4, 0.5) is 0 Å². The van der Waals surface area contributed by atoms with Gasteiger partial charge in [0.2, 0.25) is 5.78 Å². The summed E-state index contributed by atoms with van der Waals surface area (Å²) in [5, 5.41) is 4.08. The molecular weight excluding hydrogens is 276 g/mol. The van der Waals surface area contributed by atoms with Crippen molar-refractivity contribution in [2.75, 3.05) is 0 Å². The summed E-state index contributed by atoms with van der Waals surface area (Å²) >= 11 is 4.85. The first-order chi connectivity index (χ1) is 7.08. The highest BCUT2D eigenvalue weighted by molar-refractivity contribution is 9.11. The third-order valence-electron chi connectivity index (χ3n) is 2.03. The summed E-state index contributed by atoms with van der Waals surface area (Å²) in [5.74, 6) is -0.0191. The molecule has 5 heteroatoms. The number of halogens is 1. The Hall–Kier alpha value is -0.940. The van der Waals surface area contributed by atoms with Gasteiger partial charge in [0, 0.05) is 13.2 Å². The minimum Gasteiger partial charge on any atom is -0.286 e. The maximum Gasteiger partial charge on any atom is 0.223 e. The highest BCUT2D eigenvalue weighted by atomic mass is 79.9. The van der Waals surface area contributed by atoms with Crippen LogP contribution in [0.15, 0.2) is 22.1 Å². The van der Waals surface area contributed by atoms with E-state index in [4.69, 9.17) is 0 Å². The molecule has 0 saturated carbocycles. The molecule has 3 nitrogen and oxygen atoms in total. The molecule has 0 aromatic carbocycles. The normalized spacial score (nSPS) is 10.6. The molecule has 0 radical (unpaired) electrons. The van der Waals surface area contributed by atoms with Crippen molar-refractivity contribution in [2.24, 2.45) is 7.05 Å². The van der Waals surface area contributed by atoms with Crippen LogP contribution in [0.5, 0.6) is 0 Å². The molecule has 0 atom stereocenters. The van der Waals surface area contributed by atoms with Crippen LogP contribution in [0.3, 0.4) is 0 Å². The number of hydrogen-bond acceptors (Lipinski definition) is 3. The van der Waals surface area contributed by atoms with Crippen molar-refractivity contribution in [1.82, 2.24) is 9.78 Å². The SMILES string of the molecule is Cc1cc(C(=O)c2ccn(C)n2)sc1Br. The molecule has 0 spiro atoms. The Morgan fingerprint density at radius 3 is 2.80 bits per heavy atom. The van der Waals surface area contributed by atoms with Gasteiger partial charge in [0.05, 0.1) is 8.66 Å². The quantitative estimate of drug-likeness (QED) is 0.795. The summed E-state index contributed by atoms with van der Waals surface area (Å²) < 4.78 is 2.63. The predicted molar refractivity (Wildman–Crippen MR) is 63.4 cm³/mol. The minimum absolute atomic E-state index is 0.0191. The molecule has 2 rings (SSSR count). The summed E-state index contributed by atoms with van der Waals surface area (Å²) in [6, 6.07) is 3.61. The van der Waals surface area contributed by atoms with Crippen molar-refractivity contribution in [1.29, 1.82) is 0 Å². The van der Waals surface area contributed by atoms with Crippen molar-refractivity contribution in [3.8, 4) is 0 Å². The molecule has 15 heavy (non-hydrogen) atoms. The second-order valence-electron chi connectivity index (χ2n) is 3.27. The Balaban J connectivity index is 2.36. The number of rotatable bonds is 2. The third kappa shape index (κ3) is 2.03. The zero-order valence-electron chi connectivity index (χ0n) is 8.32. The summed E-state index contributed by atoms with van der Waals surface area (Å²) in [6.45, 7) is 1.97. The molecule has 2 heterocycles. The van der Waals surface area contributed by atoms with E-state index in [1.165, 1.54) is 11.3 Å². The Morgan fingerprint density at radius 2 is 2.33 bits per heavy atom. The van der Waals surface area contributed by atoms with Crippen molar-refractivity contribution >= 4 is 33.0 Å². The molecular formula is C10H9BrN2OS. The predicted octanol–water partition coefficient (Wildman–Crippen LogP) is 2.78. The summed E-state index contributed by atoms with van der Waals surface area (Å²) in [5.41, 5.74) is 1.57. The lowest BCUT2D eigenvalue weighted by Gasteiger charge is -1.90. The largest absolute Gasteiger partial charge is 0.286 e. The molecule has 0 bridgehead atoms. The Labute approximate surface area is 99.9 Å². The van der Waals surface area contributed by atoms with Gasteiger partial charge in [-0.15, -0.1) is 11.3 Å². The minimum atomic E-state index is -0.0191. The van der Waals surface area contributed by atoms with Crippen molar-refractivity contribution < 1.29 is 4.79 Å². The first kappa shape index (κ1) is 10.6. The van der Waals surface area contributed by atoms with Gasteiger partial charge in [-0.1, -0.05) is 0 Å². The molecule has 0 fully saturated rings. The van der Waals surface area contributed by atoms with Crippen molar-refractivity contribution in [2.45, 2.75) is 6.92 Å². The fourth-order valence-corrected chi connectivity index (χ4v) is 2.72. The third-order valence-corrected chi connectivity index (χ3v) is 4.16. The van der Waals surface area contributed by atoms with E-state index in [0.29, 0.717) is 5.69 Å². The Bertz CT molecular complexity index is 496. The lowest BCUT2D eigenvalue weighted by molar-refractivity contribution is 0.103. The van der Waals surface area contributed by atoms with Gasteiger partial charge >= 0.3 is 0 Å². The van der Waals surface area contributed by atoms with Crippen LogP contribution in [0, 0.1) is 6.92 Å². The molecule has 0 aliphatic carbocycles. The van der Waals surface area contributed by atoms with Crippen LogP contribution in [-0.2, 0) is 7.05 Å². The molecule has 2 aromatic heterocycles. The number of carbonyl (C=O) groups is 1. The van der Waals surface area contributed by atoms with Gasteiger partial charge < -0.3 is 0 Å². The van der Waals surface area contributed by atoms with E-state index in [0.717, 1.165) is 14.2 Å².